The summed E-state index contributed by atoms with van der Waals surface area (Å²) in [7, 11) is 1.66. The summed E-state index contributed by atoms with van der Waals surface area (Å²) in [5.74, 6) is -0.103. The Bertz CT molecular complexity index is 664. The van der Waals surface area contributed by atoms with Gasteiger partial charge in [-0.1, -0.05) is 19.1 Å². The lowest BCUT2D eigenvalue weighted by molar-refractivity contribution is -0.142. The van der Waals surface area contributed by atoms with Crippen LogP contribution >= 0.6 is 0 Å². The fourth-order valence-corrected chi connectivity index (χ4v) is 5.18. The van der Waals surface area contributed by atoms with Crippen LogP contribution in [0.4, 0.5) is 0 Å². The van der Waals surface area contributed by atoms with Crippen molar-refractivity contribution in [2.75, 3.05) is 20.3 Å². The minimum atomic E-state index is -0.721. The Morgan fingerprint density at radius 2 is 2.25 bits per heavy atom. The molecule has 1 unspecified atom stereocenters. The van der Waals surface area contributed by atoms with E-state index in [1.54, 1.807) is 7.11 Å². The molecule has 24 heavy (non-hydrogen) atoms. The Balaban J connectivity index is 1.82. The maximum Gasteiger partial charge on any atom is 0.308 e. The SMILES string of the molecule is COc1cccc2c1[C@H](CO)N1C[C@@H]3C[C@@H](C(=O)O)[C@@H](N3)[C@@H]1C2C. The number of ether oxygens (including phenoxy) is 1. The lowest BCUT2D eigenvalue weighted by atomic mass is 9.75. The molecule has 0 aliphatic carbocycles. The maximum absolute atomic E-state index is 11.7. The van der Waals surface area contributed by atoms with Crippen LogP contribution in [0.2, 0.25) is 0 Å². The van der Waals surface area contributed by atoms with Gasteiger partial charge in [0.15, 0.2) is 0 Å². The Hall–Kier alpha value is -1.63. The topological polar surface area (TPSA) is 82.0 Å². The molecule has 3 aliphatic rings. The van der Waals surface area contributed by atoms with Gasteiger partial charge < -0.3 is 20.3 Å². The number of methoxy groups -OCH3 is 1. The molecule has 1 aromatic carbocycles. The van der Waals surface area contributed by atoms with E-state index in [-0.39, 0.29) is 42.6 Å². The number of benzene rings is 1. The molecule has 3 N–H and O–H groups in total. The average molecular weight is 332 g/mol. The van der Waals surface area contributed by atoms with E-state index in [1.165, 1.54) is 0 Å². The quantitative estimate of drug-likeness (QED) is 0.765. The van der Waals surface area contributed by atoms with Crippen LogP contribution in [0, 0.1) is 5.92 Å². The van der Waals surface area contributed by atoms with Gasteiger partial charge in [0.2, 0.25) is 0 Å². The number of rotatable bonds is 3. The van der Waals surface area contributed by atoms with Crippen molar-refractivity contribution in [1.29, 1.82) is 0 Å². The Labute approximate surface area is 141 Å². The van der Waals surface area contributed by atoms with E-state index in [9.17, 15) is 15.0 Å². The number of carbonyl (C=O) groups is 1. The summed E-state index contributed by atoms with van der Waals surface area (Å²) in [5, 5.41) is 23.2. The molecular formula is C18H24N2O4. The van der Waals surface area contributed by atoms with Gasteiger partial charge in [-0.05, 0) is 24.0 Å². The number of piperazine rings is 1. The second-order valence-electron chi connectivity index (χ2n) is 7.21. The first-order valence-corrected chi connectivity index (χ1v) is 8.59. The zero-order valence-corrected chi connectivity index (χ0v) is 14.0. The number of carboxylic acid groups (broad SMARTS) is 1. The zero-order valence-electron chi connectivity index (χ0n) is 14.0. The van der Waals surface area contributed by atoms with Crippen LogP contribution in [-0.4, -0.2) is 59.5 Å². The van der Waals surface area contributed by atoms with Crippen LogP contribution in [-0.2, 0) is 4.79 Å². The predicted octanol–water partition coefficient (Wildman–Crippen LogP) is 0.961. The summed E-state index contributed by atoms with van der Waals surface area (Å²) < 4.78 is 5.55. The summed E-state index contributed by atoms with van der Waals surface area (Å²) in [6.45, 7) is 2.93. The summed E-state index contributed by atoms with van der Waals surface area (Å²) in [6.07, 6.45) is 0.658. The van der Waals surface area contributed by atoms with E-state index in [0.29, 0.717) is 6.42 Å². The first-order valence-electron chi connectivity index (χ1n) is 8.59. The van der Waals surface area contributed by atoms with Crippen LogP contribution in [0.1, 0.15) is 36.4 Å². The van der Waals surface area contributed by atoms with Crippen molar-refractivity contribution in [1.82, 2.24) is 10.2 Å². The highest BCUT2D eigenvalue weighted by molar-refractivity contribution is 5.72. The molecule has 1 aromatic rings. The molecule has 2 saturated heterocycles. The molecule has 3 aliphatic heterocycles. The number of nitrogens with zero attached hydrogens (tertiary/aromatic N) is 1. The van der Waals surface area contributed by atoms with Gasteiger partial charge in [0.25, 0.3) is 0 Å². The number of carboxylic acids is 1. The smallest absolute Gasteiger partial charge is 0.308 e. The molecule has 130 valence electrons. The molecule has 6 atom stereocenters. The van der Waals surface area contributed by atoms with Crippen molar-refractivity contribution in [3.8, 4) is 5.75 Å². The highest BCUT2D eigenvalue weighted by Gasteiger charge is 2.54. The molecule has 2 fully saturated rings. The molecule has 0 amide bonds. The third kappa shape index (κ3) is 2.10. The summed E-state index contributed by atoms with van der Waals surface area (Å²) in [5.41, 5.74) is 2.21. The number of hydrogen-bond donors (Lipinski definition) is 3. The van der Waals surface area contributed by atoms with E-state index in [1.807, 2.05) is 12.1 Å². The summed E-state index contributed by atoms with van der Waals surface area (Å²) >= 11 is 0. The van der Waals surface area contributed by atoms with E-state index in [4.69, 9.17) is 4.74 Å². The molecule has 6 nitrogen and oxygen atoms in total. The second kappa shape index (κ2) is 5.72. The fourth-order valence-electron chi connectivity index (χ4n) is 5.18. The number of nitrogens with one attached hydrogen (secondary N) is 1. The number of aliphatic hydroxyl groups excluding tert-OH is 1. The van der Waals surface area contributed by atoms with E-state index in [2.05, 4.69) is 23.2 Å². The van der Waals surface area contributed by atoms with Crippen molar-refractivity contribution in [2.24, 2.45) is 5.92 Å². The van der Waals surface area contributed by atoms with Crippen LogP contribution < -0.4 is 10.1 Å². The zero-order chi connectivity index (χ0) is 17.0. The molecule has 0 saturated carbocycles. The van der Waals surface area contributed by atoms with Crippen molar-refractivity contribution in [3.05, 3.63) is 29.3 Å². The van der Waals surface area contributed by atoms with Crippen LogP contribution in [0.15, 0.2) is 18.2 Å². The second-order valence-corrected chi connectivity index (χ2v) is 7.21. The van der Waals surface area contributed by atoms with Crippen molar-refractivity contribution < 1.29 is 19.7 Å². The Kier molecular flexibility index (Phi) is 3.78. The van der Waals surface area contributed by atoms with Crippen LogP contribution in [0.3, 0.4) is 0 Å². The number of aliphatic hydroxyl groups is 1. The third-order valence-electron chi connectivity index (χ3n) is 6.13. The largest absolute Gasteiger partial charge is 0.496 e. The predicted molar refractivity (Wildman–Crippen MR) is 88.2 cm³/mol. The van der Waals surface area contributed by atoms with Gasteiger partial charge in [-0.25, -0.2) is 0 Å². The monoisotopic (exact) mass is 332 g/mol. The van der Waals surface area contributed by atoms with Gasteiger partial charge >= 0.3 is 5.97 Å². The molecule has 0 aromatic heterocycles. The molecular weight excluding hydrogens is 308 g/mol. The lowest BCUT2D eigenvalue weighted by Crippen LogP contribution is -2.63. The molecule has 0 spiro atoms. The minimum absolute atomic E-state index is 0.00771. The van der Waals surface area contributed by atoms with Gasteiger partial charge in [0.1, 0.15) is 5.75 Å². The van der Waals surface area contributed by atoms with Crippen LogP contribution in [0.5, 0.6) is 5.75 Å². The van der Waals surface area contributed by atoms with Gasteiger partial charge in [-0.3, -0.25) is 9.69 Å². The Morgan fingerprint density at radius 1 is 1.46 bits per heavy atom. The molecule has 0 radical (unpaired) electrons. The fraction of sp³-hybridized carbons (Fsp3) is 0.611. The highest BCUT2D eigenvalue weighted by atomic mass is 16.5. The average Bonchev–Trinajstić information content (AvgIpc) is 2.92. The van der Waals surface area contributed by atoms with E-state index < -0.39 is 5.97 Å². The first-order chi connectivity index (χ1) is 11.6. The summed E-state index contributed by atoms with van der Waals surface area (Å²) in [4.78, 5) is 14.0. The van der Waals surface area contributed by atoms with E-state index in [0.717, 1.165) is 23.4 Å². The molecule has 3 heterocycles. The lowest BCUT2D eigenvalue weighted by Gasteiger charge is -2.52. The van der Waals surface area contributed by atoms with E-state index >= 15 is 0 Å². The van der Waals surface area contributed by atoms with Gasteiger partial charge in [0.05, 0.1) is 25.7 Å². The van der Waals surface area contributed by atoms with Gasteiger partial charge in [-0.15, -0.1) is 0 Å². The van der Waals surface area contributed by atoms with Crippen molar-refractivity contribution >= 4 is 5.97 Å². The normalized spacial score (nSPS) is 37.6. The number of hydrogen-bond acceptors (Lipinski definition) is 5. The Morgan fingerprint density at radius 3 is 2.92 bits per heavy atom. The van der Waals surface area contributed by atoms with Crippen molar-refractivity contribution in [2.45, 2.75) is 43.4 Å². The molecule has 4 rings (SSSR count). The molecule has 2 bridgehead atoms. The third-order valence-corrected chi connectivity index (χ3v) is 6.13. The highest BCUT2D eigenvalue weighted by Crippen LogP contribution is 2.49. The van der Waals surface area contributed by atoms with Crippen LogP contribution in [0.25, 0.3) is 0 Å². The maximum atomic E-state index is 11.7. The number of aliphatic carboxylic acids is 1. The number of fused-ring (bicyclic) bond motifs is 5. The summed E-state index contributed by atoms with van der Waals surface area (Å²) in [6, 6.07) is 6.01. The molecule has 6 heteroatoms. The first kappa shape index (κ1) is 15.9. The van der Waals surface area contributed by atoms with Crippen molar-refractivity contribution in [3.63, 3.8) is 0 Å². The minimum Gasteiger partial charge on any atom is -0.496 e. The van der Waals surface area contributed by atoms with Gasteiger partial charge in [-0.2, -0.15) is 0 Å². The van der Waals surface area contributed by atoms with Gasteiger partial charge in [0, 0.05) is 30.2 Å². The standard InChI is InChI=1S/C18H24N2O4/c1-9-11-4-3-5-14(24-2)15(11)13(8-21)20-7-10-6-12(18(22)23)16(19-10)17(9)20/h3-5,9-10,12-13,16-17,19,21H,6-8H2,1-2H3,(H,22,23)/t9?,10-,12+,13-,16+,17-/m0/s1.